The number of rotatable bonds is 2. The van der Waals surface area contributed by atoms with Gasteiger partial charge in [0.05, 0.1) is 0 Å². The second-order valence-corrected chi connectivity index (χ2v) is 4.65. The van der Waals surface area contributed by atoms with Gasteiger partial charge in [-0.3, -0.25) is 0 Å². The zero-order valence-corrected chi connectivity index (χ0v) is 10.4. The number of hydrogen-bond acceptors (Lipinski definition) is 4. The van der Waals surface area contributed by atoms with Crippen molar-refractivity contribution in [3.8, 4) is 6.07 Å². The maximum atomic E-state index is 9.17. The van der Waals surface area contributed by atoms with Gasteiger partial charge in [0.15, 0.2) is 0 Å². The topological polar surface area (TPSA) is 65.1 Å². The van der Waals surface area contributed by atoms with Crippen molar-refractivity contribution < 1.29 is 0 Å². The molecule has 4 heteroatoms. The standard InChI is InChI=1S/C15H14N4/c16-6-13-14-10-19(8-11-4-2-1-3-5-11)9-12(14)7-18-15(13)17/h1-5,7,10,18H,8-9,17H2. The molecule has 0 aromatic heterocycles. The lowest BCUT2D eigenvalue weighted by Crippen LogP contribution is -2.22. The van der Waals surface area contributed by atoms with E-state index in [0.29, 0.717) is 11.4 Å². The summed E-state index contributed by atoms with van der Waals surface area (Å²) < 4.78 is 0. The third kappa shape index (κ3) is 2.06. The first-order chi connectivity index (χ1) is 9.28. The van der Waals surface area contributed by atoms with Gasteiger partial charge in [-0.1, -0.05) is 30.3 Å². The van der Waals surface area contributed by atoms with Crippen LogP contribution >= 0.6 is 0 Å². The summed E-state index contributed by atoms with van der Waals surface area (Å²) in [5.74, 6) is 0.430. The second kappa shape index (κ2) is 4.54. The fourth-order valence-electron chi connectivity index (χ4n) is 2.39. The monoisotopic (exact) mass is 250 g/mol. The zero-order chi connectivity index (χ0) is 13.2. The molecule has 2 aliphatic heterocycles. The fourth-order valence-corrected chi connectivity index (χ4v) is 2.39. The van der Waals surface area contributed by atoms with E-state index < -0.39 is 0 Å². The molecule has 4 nitrogen and oxygen atoms in total. The first-order valence-corrected chi connectivity index (χ1v) is 6.14. The molecule has 1 aromatic rings. The van der Waals surface area contributed by atoms with Crippen LogP contribution < -0.4 is 11.1 Å². The lowest BCUT2D eigenvalue weighted by atomic mass is 10.0. The second-order valence-electron chi connectivity index (χ2n) is 4.65. The largest absolute Gasteiger partial charge is 0.384 e. The molecule has 94 valence electrons. The first kappa shape index (κ1) is 11.4. The van der Waals surface area contributed by atoms with Crippen LogP contribution in [0.4, 0.5) is 0 Å². The molecule has 2 aliphatic rings. The van der Waals surface area contributed by atoms with Crippen LogP contribution in [0.2, 0.25) is 0 Å². The number of nitrogens with one attached hydrogen (secondary N) is 1. The van der Waals surface area contributed by atoms with Gasteiger partial charge in [-0.15, -0.1) is 0 Å². The van der Waals surface area contributed by atoms with E-state index in [0.717, 1.165) is 24.2 Å². The van der Waals surface area contributed by atoms with E-state index in [9.17, 15) is 5.26 Å². The number of allylic oxidation sites excluding steroid dienone is 1. The van der Waals surface area contributed by atoms with Crippen LogP contribution in [0.25, 0.3) is 0 Å². The number of benzene rings is 1. The lowest BCUT2D eigenvalue weighted by Gasteiger charge is -2.16. The van der Waals surface area contributed by atoms with Crippen molar-refractivity contribution >= 4 is 0 Å². The van der Waals surface area contributed by atoms with E-state index in [1.807, 2.05) is 30.6 Å². The molecule has 0 saturated heterocycles. The summed E-state index contributed by atoms with van der Waals surface area (Å²) in [7, 11) is 0. The number of dihydropyridines is 1. The molecular weight excluding hydrogens is 236 g/mol. The van der Waals surface area contributed by atoms with E-state index >= 15 is 0 Å². The van der Waals surface area contributed by atoms with Crippen LogP contribution in [0.3, 0.4) is 0 Å². The molecule has 2 heterocycles. The average molecular weight is 250 g/mol. The van der Waals surface area contributed by atoms with E-state index in [4.69, 9.17) is 5.73 Å². The summed E-state index contributed by atoms with van der Waals surface area (Å²) in [5.41, 5.74) is 9.62. The Hall–Kier alpha value is -2.67. The van der Waals surface area contributed by atoms with E-state index in [2.05, 4.69) is 28.4 Å². The van der Waals surface area contributed by atoms with Crippen molar-refractivity contribution in [2.75, 3.05) is 6.54 Å². The molecule has 0 saturated carbocycles. The predicted molar refractivity (Wildman–Crippen MR) is 73.0 cm³/mol. The first-order valence-electron chi connectivity index (χ1n) is 6.14. The van der Waals surface area contributed by atoms with Gasteiger partial charge in [-0.05, 0) is 11.1 Å². The Balaban J connectivity index is 1.84. The third-order valence-corrected chi connectivity index (χ3v) is 3.31. The van der Waals surface area contributed by atoms with Gasteiger partial charge in [0.1, 0.15) is 17.5 Å². The van der Waals surface area contributed by atoms with Crippen LogP contribution in [0, 0.1) is 11.3 Å². The normalized spacial score (nSPS) is 17.3. The van der Waals surface area contributed by atoms with Crippen LogP contribution in [0.5, 0.6) is 0 Å². The predicted octanol–water partition coefficient (Wildman–Crippen LogP) is 1.57. The fraction of sp³-hybridized carbons (Fsp3) is 0.133. The highest BCUT2D eigenvalue weighted by Crippen LogP contribution is 2.30. The van der Waals surface area contributed by atoms with Crippen molar-refractivity contribution in [3.05, 3.63) is 70.8 Å². The molecule has 0 fully saturated rings. The highest BCUT2D eigenvalue weighted by molar-refractivity contribution is 5.59. The summed E-state index contributed by atoms with van der Waals surface area (Å²) in [4.78, 5) is 2.19. The van der Waals surface area contributed by atoms with Crippen LogP contribution in [0.15, 0.2) is 65.3 Å². The van der Waals surface area contributed by atoms with E-state index in [-0.39, 0.29) is 0 Å². The number of hydrogen-bond donors (Lipinski definition) is 2. The SMILES string of the molecule is N#CC1=C(N)NC=C2CN(Cc3ccccc3)C=C21. The van der Waals surface area contributed by atoms with Crippen molar-refractivity contribution in [1.82, 2.24) is 10.2 Å². The Morgan fingerprint density at radius 2 is 2.11 bits per heavy atom. The number of nitrogens with zero attached hydrogens (tertiary/aromatic N) is 2. The quantitative estimate of drug-likeness (QED) is 0.836. The van der Waals surface area contributed by atoms with Gasteiger partial charge in [-0.2, -0.15) is 5.26 Å². The Morgan fingerprint density at radius 3 is 2.84 bits per heavy atom. The summed E-state index contributed by atoms with van der Waals surface area (Å²) >= 11 is 0. The average Bonchev–Trinajstić information content (AvgIpc) is 2.82. The van der Waals surface area contributed by atoms with Crippen LogP contribution in [0.1, 0.15) is 5.56 Å². The summed E-state index contributed by atoms with van der Waals surface area (Å²) in [6.45, 7) is 1.63. The summed E-state index contributed by atoms with van der Waals surface area (Å²) in [5, 5.41) is 12.1. The number of nitriles is 1. The Kier molecular flexibility index (Phi) is 2.73. The zero-order valence-electron chi connectivity index (χ0n) is 10.4. The van der Waals surface area contributed by atoms with Gasteiger partial charge in [0.25, 0.3) is 0 Å². The highest BCUT2D eigenvalue weighted by atomic mass is 15.1. The van der Waals surface area contributed by atoms with E-state index in [1.54, 1.807) is 0 Å². The summed E-state index contributed by atoms with van der Waals surface area (Å²) in [6, 6.07) is 12.4. The molecule has 0 unspecified atom stereocenters. The smallest absolute Gasteiger partial charge is 0.119 e. The Morgan fingerprint density at radius 1 is 1.32 bits per heavy atom. The van der Waals surface area contributed by atoms with Crippen molar-refractivity contribution in [3.63, 3.8) is 0 Å². The van der Waals surface area contributed by atoms with Crippen LogP contribution in [-0.4, -0.2) is 11.4 Å². The lowest BCUT2D eigenvalue weighted by molar-refractivity contribution is 0.419. The Labute approximate surface area is 112 Å². The number of fused-ring (bicyclic) bond motifs is 1. The van der Waals surface area contributed by atoms with E-state index in [1.165, 1.54) is 5.56 Å². The van der Waals surface area contributed by atoms with Crippen molar-refractivity contribution in [1.29, 1.82) is 5.26 Å². The minimum atomic E-state index is 0.430. The summed E-state index contributed by atoms with van der Waals surface area (Å²) in [6.07, 6.45) is 3.90. The highest BCUT2D eigenvalue weighted by Gasteiger charge is 2.25. The minimum Gasteiger partial charge on any atom is -0.384 e. The molecule has 0 spiro atoms. The maximum absolute atomic E-state index is 9.17. The molecule has 1 aromatic carbocycles. The third-order valence-electron chi connectivity index (χ3n) is 3.31. The molecule has 3 N–H and O–H groups in total. The minimum absolute atomic E-state index is 0.430. The van der Waals surface area contributed by atoms with Crippen molar-refractivity contribution in [2.45, 2.75) is 6.54 Å². The molecule has 0 bridgehead atoms. The number of nitrogens with two attached hydrogens (primary N) is 1. The maximum Gasteiger partial charge on any atom is 0.119 e. The van der Waals surface area contributed by atoms with Crippen molar-refractivity contribution in [2.24, 2.45) is 5.73 Å². The molecule has 19 heavy (non-hydrogen) atoms. The van der Waals surface area contributed by atoms with Gasteiger partial charge >= 0.3 is 0 Å². The van der Waals surface area contributed by atoms with Gasteiger partial charge in [-0.25, -0.2) is 0 Å². The van der Waals surface area contributed by atoms with Gasteiger partial charge in [0.2, 0.25) is 0 Å². The van der Waals surface area contributed by atoms with Gasteiger partial charge < -0.3 is 16.0 Å². The van der Waals surface area contributed by atoms with Gasteiger partial charge in [0, 0.05) is 31.1 Å². The van der Waals surface area contributed by atoms with Crippen LogP contribution in [-0.2, 0) is 6.54 Å². The molecule has 0 radical (unpaired) electrons. The molecule has 3 rings (SSSR count). The molecular formula is C15H14N4. The Bertz CT molecular complexity index is 632. The molecule has 0 atom stereocenters. The molecule has 0 aliphatic carbocycles. The molecule has 0 amide bonds.